The largest absolute Gasteiger partial charge is 0.481 e. The SMILES string of the molecule is Nc1ccccc1N.Nc1ccccc1NC(=O)CCCCCCC(=O)c1ccc(Br)cc1.O=C(O)CCCCCNC(=O)c1ccc(Br)cc1. The summed E-state index contributed by atoms with van der Waals surface area (Å²) < 4.78 is 1.91. The van der Waals surface area contributed by atoms with Crippen LogP contribution in [0.15, 0.2) is 106 Å². The molecule has 272 valence electrons. The smallest absolute Gasteiger partial charge is 0.303 e. The van der Waals surface area contributed by atoms with Crippen LogP contribution in [0.25, 0.3) is 0 Å². The molecule has 0 bridgehead atoms. The molecule has 0 spiro atoms. The molecule has 0 radical (unpaired) electrons. The van der Waals surface area contributed by atoms with Crippen LogP contribution in [0.2, 0.25) is 0 Å². The third kappa shape index (κ3) is 18.8. The second kappa shape index (κ2) is 24.5. The Labute approximate surface area is 316 Å². The van der Waals surface area contributed by atoms with E-state index in [0.29, 0.717) is 54.1 Å². The number of halogens is 2. The predicted molar refractivity (Wildman–Crippen MR) is 214 cm³/mol. The number of carboxylic acid groups (broad SMARTS) is 1. The van der Waals surface area contributed by atoms with E-state index < -0.39 is 5.97 Å². The fraction of sp³-hybridized carbons (Fsp3) is 0.282. The monoisotopic (exact) mass is 823 g/mol. The molecule has 0 aliphatic rings. The summed E-state index contributed by atoms with van der Waals surface area (Å²) in [6.45, 7) is 0.578. The highest BCUT2D eigenvalue weighted by Gasteiger charge is 2.07. The number of ketones is 1. The molecule has 0 aliphatic carbocycles. The minimum atomic E-state index is -0.770. The maximum atomic E-state index is 12.0. The Bertz CT molecular complexity index is 1650. The van der Waals surface area contributed by atoms with Crippen molar-refractivity contribution in [3.05, 3.63) is 117 Å². The third-order valence-electron chi connectivity index (χ3n) is 7.41. The normalized spacial score (nSPS) is 10.1. The molecule has 4 rings (SSSR count). The van der Waals surface area contributed by atoms with Crippen molar-refractivity contribution in [2.75, 3.05) is 29.1 Å². The van der Waals surface area contributed by atoms with E-state index in [9.17, 15) is 19.2 Å². The topological polar surface area (TPSA) is 191 Å². The van der Waals surface area contributed by atoms with Gasteiger partial charge >= 0.3 is 5.97 Å². The van der Waals surface area contributed by atoms with Gasteiger partial charge < -0.3 is 32.9 Å². The fourth-order valence-electron chi connectivity index (χ4n) is 4.52. The van der Waals surface area contributed by atoms with Gasteiger partial charge in [-0.25, -0.2) is 0 Å². The number of anilines is 4. The molecule has 12 heteroatoms. The summed E-state index contributed by atoms with van der Waals surface area (Å²) in [4.78, 5) is 45.9. The molecule has 51 heavy (non-hydrogen) atoms. The Morgan fingerprint density at radius 2 is 1.02 bits per heavy atom. The molecule has 0 unspecified atom stereocenters. The van der Waals surface area contributed by atoms with E-state index in [1.165, 1.54) is 0 Å². The van der Waals surface area contributed by atoms with Crippen LogP contribution < -0.4 is 27.8 Å². The highest BCUT2D eigenvalue weighted by molar-refractivity contribution is 9.10. The van der Waals surface area contributed by atoms with Gasteiger partial charge in [-0.1, -0.05) is 87.5 Å². The number of amides is 2. The lowest BCUT2D eigenvalue weighted by Gasteiger charge is -2.07. The van der Waals surface area contributed by atoms with E-state index >= 15 is 0 Å². The first-order valence-corrected chi connectivity index (χ1v) is 18.3. The van der Waals surface area contributed by atoms with Gasteiger partial charge in [0.25, 0.3) is 5.91 Å². The van der Waals surface area contributed by atoms with Gasteiger partial charge in [0, 0.05) is 45.9 Å². The minimum absolute atomic E-state index is 0.0242. The second-order valence-corrected chi connectivity index (χ2v) is 13.4. The first-order valence-electron chi connectivity index (χ1n) is 16.7. The van der Waals surface area contributed by atoms with Gasteiger partial charge in [0.05, 0.1) is 22.7 Å². The predicted octanol–water partition coefficient (Wildman–Crippen LogP) is 8.87. The number of rotatable bonds is 16. The molecule has 0 fully saturated rings. The van der Waals surface area contributed by atoms with Crippen molar-refractivity contribution >= 4 is 78.2 Å². The molecular formula is C39H47Br2N5O5. The molecule has 2 amide bonds. The number of hydrogen-bond donors (Lipinski definition) is 6. The number of unbranched alkanes of at least 4 members (excludes halogenated alkanes) is 5. The Morgan fingerprint density at radius 1 is 0.549 bits per heavy atom. The highest BCUT2D eigenvalue weighted by atomic mass is 79.9. The molecule has 0 saturated heterocycles. The molecule has 9 N–H and O–H groups in total. The molecule has 4 aromatic carbocycles. The summed E-state index contributed by atoms with van der Waals surface area (Å²) >= 11 is 6.67. The van der Waals surface area contributed by atoms with Crippen molar-refractivity contribution in [1.29, 1.82) is 0 Å². The maximum Gasteiger partial charge on any atom is 0.303 e. The number of hydrogen-bond acceptors (Lipinski definition) is 7. The van der Waals surface area contributed by atoms with Crippen molar-refractivity contribution in [1.82, 2.24) is 5.32 Å². The van der Waals surface area contributed by atoms with Crippen LogP contribution in [-0.4, -0.2) is 35.2 Å². The molecule has 0 aromatic heterocycles. The first kappa shape index (κ1) is 42.5. The number of para-hydroxylation sites is 4. The summed E-state index contributed by atoms with van der Waals surface area (Å²) in [6.07, 6.45) is 7.03. The molecule has 10 nitrogen and oxygen atoms in total. The molecular weight excluding hydrogens is 778 g/mol. The van der Waals surface area contributed by atoms with Crippen LogP contribution in [0.5, 0.6) is 0 Å². The Hall–Kier alpha value is -4.68. The average molecular weight is 826 g/mol. The van der Waals surface area contributed by atoms with E-state index in [1.807, 2.05) is 60.7 Å². The highest BCUT2D eigenvalue weighted by Crippen LogP contribution is 2.18. The minimum Gasteiger partial charge on any atom is -0.481 e. The Kier molecular flexibility index (Phi) is 20.4. The van der Waals surface area contributed by atoms with Crippen LogP contribution >= 0.6 is 31.9 Å². The molecule has 0 atom stereocenters. The average Bonchev–Trinajstić information content (AvgIpc) is 3.11. The maximum absolute atomic E-state index is 12.0. The van der Waals surface area contributed by atoms with Crippen molar-refractivity contribution in [2.45, 2.75) is 64.2 Å². The number of nitrogen functional groups attached to an aromatic ring is 3. The van der Waals surface area contributed by atoms with Crippen LogP contribution in [0.1, 0.15) is 84.9 Å². The van der Waals surface area contributed by atoms with E-state index in [-0.39, 0.29) is 24.0 Å². The van der Waals surface area contributed by atoms with Crippen LogP contribution in [-0.2, 0) is 9.59 Å². The summed E-state index contributed by atoms with van der Waals surface area (Å²) in [6, 6.07) is 29.1. The van der Waals surface area contributed by atoms with Crippen molar-refractivity contribution < 1.29 is 24.3 Å². The van der Waals surface area contributed by atoms with Gasteiger partial charge in [-0.3, -0.25) is 19.2 Å². The van der Waals surface area contributed by atoms with E-state index in [1.54, 1.807) is 36.4 Å². The van der Waals surface area contributed by atoms with Crippen LogP contribution in [0.3, 0.4) is 0 Å². The molecule has 4 aromatic rings. The second-order valence-electron chi connectivity index (χ2n) is 11.6. The van der Waals surface area contributed by atoms with Crippen molar-refractivity contribution in [3.63, 3.8) is 0 Å². The number of carbonyl (C=O) groups excluding carboxylic acids is 3. The lowest BCUT2D eigenvalue weighted by atomic mass is 10.0. The Balaban J connectivity index is 0.000000300. The van der Waals surface area contributed by atoms with Crippen molar-refractivity contribution in [3.8, 4) is 0 Å². The van der Waals surface area contributed by atoms with Gasteiger partial charge in [-0.2, -0.15) is 0 Å². The van der Waals surface area contributed by atoms with Crippen LogP contribution in [0, 0.1) is 0 Å². The van der Waals surface area contributed by atoms with Gasteiger partial charge in [0.2, 0.25) is 5.91 Å². The lowest BCUT2D eigenvalue weighted by Crippen LogP contribution is -2.24. The number of aliphatic carboxylic acids is 1. The summed E-state index contributed by atoms with van der Waals surface area (Å²) in [5.41, 5.74) is 20.5. The number of nitrogens with one attached hydrogen (secondary N) is 2. The van der Waals surface area contributed by atoms with Gasteiger partial charge in [-0.15, -0.1) is 0 Å². The quantitative estimate of drug-likeness (QED) is 0.0367. The lowest BCUT2D eigenvalue weighted by molar-refractivity contribution is -0.137. The molecule has 0 heterocycles. The molecule has 0 aliphatic heterocycles. The molecule has 0 saturated carbocycles. The van der Waals surface area contributed by atoms with E-state index in [2.05, 4.69) is 42.5 Å². The van der Waals surface area contributed by atoms with Crippen LogP contribution in [0.4, 0.5) is 22.7 Å². The number of Topliss-reactive ketones (excluding diaryl/α,β-unsaturated/α-hetero) is 1. The number of carboxylic acids is 1. The summed E-state index contributed by atoms with van der Waals surface area (Å²) in [5, 5.41) is 14.1. The zero-order chi connectivity index (χ0) is 37.4. The van der Waals surface area contributed by atoms with Crippen molar-refractivity contribution in [2.24, 2.45) is 0 Å². The zero-order valence-electron chi connectivity index (χ0n) is 28.6. The number of benzene rings is 4. The van der Waals surface area contributed by atoms with Gasteiger partial charge in [0.1, 0.15) is 0 Å². The summed E-state index contributed by atoms with van der Waals surface area (Å²) in [7, 11) is 0. The fourth-order valence-corrected chi connectivity index (χ4v) is 5.05. The Morgan fingerprint density at radius 3 is 1.55 bits per heavy atom. The number of carbonyl (C=O) groups is 4. The van der Waals surface area contributed by atoms with Gasteiger partial charge in [-0.05, 0) is 86.3 Å². The van der Waals surface area contributed by atoms with E-state index in [0.717, 1.165) is 53.0 Å². The number of nitrogens with two attached hydrogens (primary N) is 3. The van der Waals surface area contributed by atoms with Gasteiger partial charge in [0.15, 0.2) is 5.78 Å². The zero-order valence-corrected chi connectivity index (χ0v) is 31.8. The van der Waals surface area contributed by atoms with E-state index in [4.69, 9.17) is 22.3 Å². The first-order chi connectivity index (χ1) is 24.5. The summed E-state index contributed by atoms with van der Waals surface area (Å²) in [5.74, 6) is -0.719. The third-order valence-corrected chi connectivity index (χ3v) is 8.47. The standard InChI is InChI=1S/C20H23BrN2O2.C13H16BrNO3.C6H8N2/c21-16-13-11-15(12-14-16)19(24)9-3-1-2-4-10-20(25)23-18-8-6-5-7-17(18)22;14-11-7-5-10(6-8-11)13(18)15-9-3-1-2-4-12(16)17;7-5-3-1-2-4-6(5)8/h5-8,11-14H,1-4,9-10,22H2,(H,23,25);5-8H,1-4,9H2,(H,15,18)(H,16,17);1-4H,7-8H2.